The molecule has 1 rings (SSSR count). The van der Waals surface area contributed by atoms with Crippen LogP contribution in [0.1, 0.15) is 24.3 Å². The molecular weight excluding hydrogens is 208 g/mol. The first-order valence-electron chi connectivity index (χ1n) is 5.30. The maximum absolute atomic E-state index is 11.2. The van der Waals surface area contributed by atoms with Gasteiger partial charge in [0.2, 0.25) is 5.91 Å². The summed E-state index contributed by atoms with van der Waals surface area (Å²) in [6, 6.07) is 2.15. The van der Waals surface area contributed by atoms with Crippen molar-refractivity contribution < 1.29 is 4.79 Å². The zero-order valence-corrected chi connectivity index (χ0v) is 10.1. The van der Waals surface area contributed by atoms with Crippen molar-refractivity contribution in [2.75, 3.05) is 13.1 Å². The Balaban J connectivity index is 2.28. The number of rotatable bonds is 6. The molecule has 0 atom stereocenters. The topological polar surface area (TPSA) is 41.1 Å². The summed E-state index contributed by atoms with van der Waals surface area (Å²) >= 11 is 1.74. The third-order valence-corrected chi connectivity index (χ3v) is 3.13. The SMILES string of the molecule is CCNC(=O)CNCc1sccc1CC. The van der Waals surface area contributed by atoms with Gasteiger partial charge in [0.25, 0.3) is 0 Å². The van der Waals surface area contributed by atoms with Crippen LogP contribution in [0.2, 0.25) is 0 Å². The molecule has 0 fully saturated rings. The first-order valence-corrected chi connectivity index (χ1v) is 6.18. The van der Waals surface area contributed by atoms with Gasteiger partial charge in [-0.25, -0.2) is 0 Å². The van der Waals surface area contributed by atoms with Crippen LogP contribution in [0.15, 0.2) is 11.4 Å². The van der Waals surface area contributed by atoms with E-state index < -0.39 is 0 Å². The molecule has 1 amide bonds. The molecule has 84 valence electrons. The van der Waals surface area contributed by atoms with Gasteiger partial charge in [-0.2, -0.15) is 0 Å². The number of carbonyl (C=O) groups is 1. The second-order valence-corrected chi connectivity index (χ2v) is 4.28. The molecule has 4 heteroatoms. The molecule has 3 nitrogen and oxygen atoms in total. The molecular formula is C11H18N2OS. The van der Waals surface area contributed by atoms with Crippen LogP contribution in [-0.2, 0) is 17.8 Å². The van der Waals surface area contributed by atoms with Gasteiger partial charge in [0.1, 0.15) is 0 Å². The van der Waals surface area contributed by atoms with Crippen molar-refractivity contribution in [1.82, 2.24) is 10.6 Å². The maximum atomic E-state index is 11.2. The summed E-state index contributed by atoms with van der Waals surface area (Å²) in [6.45, 7) is 5.95. The highest BCUT2D eigenvalue weighted by Crippen LogP contribution is 2.16. The van der Waals surface area contributed by atoms with Crippen molar-refractivity contribution in [2.45, 2.75) is 26.8 Å². The molecule has 0 aliphatic carbocycles. The molecule has 1 heterocycles. The lowest BCUT2D eigenvalue weighted by Crippen LogP contribution is -2.33. The molecule has 0 aliphatic heterocycles. The van der Waals surface area contributed by atoms with Crippen LogP contribution in [0, 0.1) is 0 Å². The Hall–Kier alpha value is -0.870. The molecule has 15 heavy (non-hydrogen) atoms. The zero-order valence-electron chi connectivity index (χ0n) is 9.30. The predicted molar refractivity (Wildman–Crippen MR) is 64.1 cm³/mol. The maximum Gasteiger partial charge on any atom is 0.233 e. The van der Waals surface area contributed by atoms with Gasteiger partial charge in [0.15, 0.2) is 0 Å². The summed E-state index contributed by atoms with van der Waals surface area (Å²) in [7, 11) is 0. The first-order chi connectivity index (χ1) is 7.27. The van der Waals surface area contributed by atoms with E-state index >= 15 is 0 Å². The molecule has 0 unspecified atom stereocenters. The van der Waals surface area contributed by atoms with Gasteiger partial charge >= 0.3 is 0 Å². The molecule has 0 radical (unpaired) electrons. The van der Waals surface area contributed by atoms with Crippen LogP contribution < -0.4 is 10.6 Å². The Morgan fingerprint density at radius 2 is 2.27 bits per heavy atom. The lowest BCUT2D eigenvalue weighted by molar-refractivity contribution is -0.120. The standard InChI is InChI=1S/C11H18N2OS/c1-3-9-5-6-15-10(9)7-12-8-11(14)13-4-2/h5-6,12H,3-4,7-8H2,1-2H3,(H,13,14). The van der Waals surface area contributed by atoms with Crippen molar-refractivity contribution in [3.8, 4) is 0 Å². The van der Waals surface area contributed by atoms with E-state index in [0.29, 0.717) is 13.1 Å². The highest BCUT2D eigenvalue weighted by molar-refractivity contribution is 7.10. The smallest absolute Gasteiger partial charge is 0.233 e. The monoisotopic (exact) mass is 226 g/mol. The normalized spacial score (nSPS) is 10.3. The molecule has 0 saturated carbocycles. The first kappa shape index (κ1) is 12.2. The summed E-state index contributed by atoms with van der Waals surface area (Å²) in [5.41, 5.74) is 1.38. The number of nitrogens with one attached hydrogen (secondary N) is 2. The van der Waals surface area contributed by atoms with Gasteiger partial charge in [-0.3, -0.25) is 4.79 Å². The Kier molecular flexibility index (Phi) is 5.36. The minimum absolute atomic E-state index is 0.0621. The van der Waals surface area contributed by atoms with Crippen molar-refractivity contribution in [1.29, 1.82) is 0 Å². The summed E-state index contributed by atoms with van der Waals surface area (Å²) in [5.74, 6) is 0.0621. The molecule has 2 N–H and O–H groups in total. The number of carbonyl (C=O) groups excluding carboxylic acids is 1. The van der Waals surface area contributed by atoms with Crippen LogP contribution >= 0.6 is 11.3 Å². The van der Waals surface area contributed by atoms with E-state index in [4.69, 9.17) is 0 Å². The number of hydrogen-bond acceptors (Lipinski definition) is 3. The number of likely N-dealkylation sites (N-methyl/N-ethyl adjacent to an activating group) is 1. The van der Waals surface area contributed by atoms with Crippen LogP contribution in [0.5, 0.6) is 0 Å². The van der Waals surface area contributed by atoms with Crippen molar-refractivity contribution >= 4 is 17.2 Å². The number of aryl methyl sites for hydroxylation is 1. The fraction of sp³-hybridized carbons (Fsp3) is 0.545. The van der Waals surface area contributed by atoms with Crippen LogP contribution in [0.4, 0.5) is 0 Å². The average molecular weight is 226 g/mol. The summed E-state index contributed by atoms with van der Waals surface area (Å²) < 4.78 is 0. The van der Waals surface area contributed by atoms with Gasteiger partial charge in [-0.15, -0.1) is 11.3 Å². The van der Waals surface area contributed by atoms with E-state index in [1.807, 2.05) is 6.92 Å². The Morgan fingerprint density at radius 1 is 1.47 bits per heavy atom. The number of thiophene rings is 1. The quantitative estimate of drug-likeness (QED) is 0.772. The summed E-state index contributed by atoms with van der Waals surface area (Å²) in [4.78, 5) is 12.5. The van der Waals surface area contributed by atoms with Crippen molar-refractivity contribution in [3.05, 3.63) is 21.9 Å². The van der Waals surface area contributed by atoms with E-state index in [0.717, 1.165) is 13.0 Å². The van der Waals surface area contributed by atoms with Crippen molar-refractivity contribution in [3.63, 3.8) is 0 Å². The highest BCUT2D eigenvalue weighted by Gasteiger charge is 2.03. The third kappa shape index (κ3) is 4.01. The number of hydrogen-bond donors (Lipinski definition) is 2. The van der Waals surface area contributed by atoms with E-state index in [2.05, 4.69) is 29.0 Å². The predicted octanol–water partition coefficient (Wildman–Crippen LogP) is 1.54. The van der Waals surface area contributed by atoms with Gasteiger partial charge in [-0.1, -0.05) is 6.92 Å². The zero-order chi connectivity index (χ0) is 11.1. The molecule has 0 spiro atoms. The molecule has 1 aromatic rings. The van der Waals surface area contributed by atoms with E-state index in [1.165, 1.54) is 10.4 Å². The van der Waals surface area contributed by atoms with Gasteiger partial charge in [0.05, 0.1) is 6.54 Å². The van der Waals surface area contributed by atoms with Gasteiger partial charge < -0.3 is 10.6 Å². The molecule has 0 bridgehead atoms. The second-order valence-electron chi connectivity index (χ2n) is 3.28. The molecule has 1 aromatic heterocycles. The fourth-order valence-corrected chi connectivity index (χ4v) is 2.33. The minimum Gasteiger partial charge on any atom is -0.355 e. The van der Waals surface area contributed by atoms with Crippen molar-refractivity contribution in [2.24, 2.45) is 0 Å². The minimum atomic E-state index is 0.0621. The Morgan fingerprint density at radius 3 is 2.93 bits per heavy atom. The van der Waals surface area contributed by atoms with Crippen LogP contribution in [-0.4, -0.2) is 19.0 Å². The lowest BCUT2D eigenvalue weighted by Gasteiger charge is -2.05. The molecule has 0 saturated heterocycles. The second kappa shape index (κ2) is 6.58. The molecule has 0 aromatic carbocycles. The van der Waals surface area contributed by atoms with E-state index in [1.54, 1.807) is 11.3 Å². The lowest BCUT2D eigenvalue weighted by atomic mass is 10.2. The van der Waals surface area contributed by atoms with Crippen LogP contribution in [0.3, 0.4) is 0 Å². The highest BCUT2D eigenvalue weighted by atomic mass is 32.1. The summed E-state index contributed by atoms with van der Waals surface area (Å²) in [6.07, 6.45) is 1.06. The van der Waals surface area contributed by atoms with E-state index in [-0.39, 0.29) is 5.91 Å². The molecule has 0 aliphatic rings. The van der Waals surface area contributed by atoms with E-state index in [9.17, 15) is 4.79 Å². The Bertz CT molecular complexity index is 309. The average Bonchev–Trinajstić information content (AvgIpc) is 2.66. The largest absolute Gasteiger partial charge is 0.355 e. The van der Waals surface area contributed by atoms with Gasteiger partial charge in [-0.05, 0) is 30.4 Å². The van der Waals surface area contributed by atoms with Crippen LogP contribution in [0.25, 0.3) is 0 Å². The summed E-state index contributed by atoms with van der Waals surface area (Å²) in [5, 5.41) is 8.00. The number of amides is 1. The Labute approximate surface area is 94.9 Å². The third-order valence-electron chi connectivity index (χ3n) is 2.16. The van der Waals surface area contributed by atoms with Gasteiger partial charge in [0, 0.05) is 18.0 Å². The fourth-order valence-electron chi connectivity index (χ4n) is 1.39.